The van der Waals surface area contributed by atoms with Crippen molar-refractivity contribution in [2.24, 2.45) is 0 Å². The lowest BCUT2D eigenvalue weighted by molar-refractivity contribution is -0.174. The topological polar surface area (TPSA) is 27.7 Å². The van der Waals surface area contributed by atoms with Gasteiger partial charge in [0.15, 0.2) is 11.4 Å². The predicted molar refractivity (Wildman–Crippen MR) is 48.5 cm³/mol. The zero-order chi connectivity index (χ0) is 9.64. The Morgan fingerprint density at radius 3 is 2.54 bits per heavy atom. The van der Waals surface area contributed by atoms with Gasteiger partial charge in [0.2, 0.25) is 0 Å². The average Bonchev–Trinajstić information content (AvgIpc) is 2.47. The molecule has 0 saturated carbocycles. The lowest BCUT2D eigenvalue weighted by atomic mass is 10.1. The summed E-state index contributed by atoms with van der Waals surface area (Å²) in [6.07, 6.45) is 1.24. The Labute approximate surface area is 82.6 Å². The second-order valence-electron chi connectivity index (χ2n) is 3.75. The monoisotopic (exact) mass is 204 g/mol. The number of rotatable bonds is 1. The van der Waals surface area contributed by atoms with Gasteiger partial charge in [0, 0.05) is 0 Å². The van der Waals surface area contributed by atoms with E-state index in [0.29, 0.717) is 0 Å². The minimum atomic E-state index is -0.562. The number of hydrogen-bond acceptors (Lipinski definition) is 3. The molecule has 2 rings (SSSR count). The van der Waals surface area contributed by atoms with E-state index in [2.05, 4.69) is 6.58 Å². The van der Waals surface area contributed by atoms with Crippen LogP contribution in [0.5, 0.6) is 0 Å². The van der Waals surface area contributed by atoms with Crippen LogP contribution in [0.3, 0.4) is 0 Å². The van der Waals surface area contributed by atoms with E-state index in [0.717, 1.165) is 0 Å². The molecule has 2 aliphatic heterocycles. The van der Waals surface area contributed by atoms with Gasteiger partial charge in [-0.2, -0.15) is 0 Å². The minimum Gasteiger partial charge on any atom is -0.349 e. The van der Waals surface area contributed by atoms with Crippen LogP contribution in [-0.4, -0.2) is 29.7 Å². The van der Waals surface area contributed by atoms with E-state index in [9.17, 15) is 0 Å². The summed E-state index contributed by atoms with van der Waals surface area (Å²) < 4.78 is 16.6. The molecule has 0 radical (unpaired) electrons. The van der Waals surface area contributed by atoms with E-state index in [1.54, 1.807) is 6.08 Å². The highest BCUT2D eigenvalue weighted by molar-refractivity contribution is 6.20. The largest absolute Gasteiger partial charge is 0.349 e. The Bertz CT molecular complexity index is 229. The van der Waals surface area contributed by atoms with Crippen molar-refractivity contribution in [3.8, 4) is 0 Å². The standard InChI is InChI=1S/C9H13ClO3/c1-4-5-6-7(8(10)11-5)13-9(2,3)12-6/h4-8H,1H2,2-3H3/t5-,6-,7-,8+/m1/s1. The third kappa shape index (κ3) is 1.50. The highest BCUT2D eigenvalue weighted by atomic mass is 35.5. The van der Waals surface area contributed by atoms with Crippen molar-refractivity contribution >= 4 is 11.6 Å². The van der Waals surface area contributed by atoms with E-state index >= 15 is 0 Å². The third-order valence-corrected chi connectivity index (χ3v) is 2.62. The molecule has 0 amide bonds. The molecule has 2 aliphatic rings. The van der Waals surface area contributed by atoms with E-state index in [1.807, 2.05) is 13.8 Å². The molecule has 3 nitrogen and oxygen atoms in total. The third-order valence-electron chi connectivity index (χ3n) is 2.27. The molecule has 0 N–H and O–H groups in total. The zero-order valence-corrected chi connectivity index (χ0v) is 8.45. The van der Waals surface area contributed by atoms with Gasteiger partial charge in [-0.1, -0.05) is 17.7 Å². The van der Waals surface area contributed by atoms with Gasteiger partial charge in [0.1, 0.15) is 18.3 Å². The molecule has 0 unspecified atom stereocenters. The maximum Gasteiger partial charge on any atom is 0.164 e. The van der Waals surface area contributed by atoms with Crippen LogP contribution in [0.25, 0.3) is 0 Å². The average molecular weight is 205 g/mol. The summed E-state index contributed by atoms with van der Waals surface area (Å²) in [5.74, 6) is -0.562. The van der Waals surface area contributed by atoms with E-state index in [-0.39, 0.29) is 18.3 Å². The fraction of sp³-hybridized carbons (Fsp3) is 0.778. The maximum atomic E-state index is 5.94. The molecule has 2 saturated heterocycles. The van der Waals surface area contributed by atoms with Crippen molar-refractivity contribution in [3.63, 3.8) is 0 Å². The van der Waals surface area contributed by atoms with Crippen molar-refractivity contribution in [1.29, 1.82) is 0 Å². The number of alkyl halides is 1. The number of halogens is 1. The highest BCUT2D eigenvalue weighted by Crippen LogP contribution is 2.39. The van der Waals surface area contributed by atoms with Crippen LogP contribution in [-0.2, 0) is 14.2 Å². The van der Waals surface area contributed by atoms with Crippen molar-refractivity contribution in [1.82, 2.24) is 0 Å². The number of fused-ring (bicyclic) bond motifs is 1. The molecule has 2 fully saturated rings. The van der Waals surface area contributed by atoms with Gasteiger partial charge in [-0.05, 0) is 13.8 Å². The maximum absolute atomic E-state index is 5.94. The summed E-state index contributed by atoms with van der Waals surface area (Å²) in [5.41, 5.74) is -0.435. The molecular formula is C9H13ClO3. The molecule has 4 heteroatoms. The molecule has 4 atom stereocenters. The highest BCUT2D eigenvalue weighted by Gasteiger charge is 2.53. The van der Waals surface area contributed by atoms with Gasteiger partial charge in [0.25, 0.3) is 0 Å². The quantitative estimate of drug-likeness (QED) is 0.480. The van der Waals surface area contributed by atoms with Crippen molar-refractivity contribution < 1.29 is 14.2 Å². The van der Waals surface area contributed by atoms with Crippen LogP contribution in [0, 0.1) is 0 Å². The van der Waals surface area contributed by atoms with Crippen molar-refractivity contribution in [3.05, 3.63) is 12.7 Å². The minimum absolute atomic E-state index is 0.116. The smallest absolute Gasteiger partial charge is 0.164 e. The molecule has 0 aliphatic carbocycles. The van der Waals surface area contributed by atoms with Gasteiger partial charge < -0.3 is 14.2 Å². The number of ether oxygens (including phenoxy) is 3. The Balaban J connectivity index is 2.17. The predicted octanol–water partition coefficient (Wildman–Crippen LogP) is 1.66. The Kier molecular flexibility index (Phi) is 2.15. The summed E-state index contributed by atoms with van der Waals surface area (Å²) in [7, 11) is 0. The first-order valence-electron chi connectivity index (χ1n) is 4.31. The molecule has 2 heterocycles. The Hall–Kier alpha value is -0.0900. The molecule has 0 aromatic carbocycles. The van der Waals surface area contributed by atoms with Gasteiger partial charge in [-0.15, -0.1) is 6.58 Å². The van der Waals surface area contributed by atoms with Crippen LogP contribution in [0.2, 0.25) is 0 Å². The van der Waals surface area contributed by atoms with Gasteiger partial charge >= 0.3 is 0 Å². The Morgan fingerprint density at radius 2 is 1.92 bits per heavy atom. The second-order valence-corrected chi connectivity index (χ2v) is 4.18. The first-order valence-corrected chi connectivity index (χ1v) is 4.75. The molecule has 0 bridgehead atoms. The summed E-state index contributed by atoms with van der Waals surface area (Å²) in [4.78, 5) is 0. The lowest BCUT2D eigenvalue weighted by Crippen LogP contribution is -2.27. The molecule has 74 valence electrons. The van der Waals surface area contributed by atoms with Crippen molar-refractivity contribution in [2.75, 3.05) is 0 Å². The van der Waals surface area contributed by atoms with E-state index in [4.69, 9.17) is 25.8 Å². The summed E-state index contributed by atoms with van der Waals surface area (Å²) in [5, 5.41) is 0. The fourth-order valence-electron chi connectivity index (χ4n) is 1.77. The molecular weight excluding hydrogens is 192 g/mol. The van der Waals surface area contributed by atoms with E-state index < -0.39 is 11.4 Å². The SMILES string of the molecule is C=C[C@H]1O[C@H](Cl)[C@@H]2OC(C)(C)O[C@@H]21. The summed E-state index contributed by atoms with van der Waals surface area (Å²) in [6, 6.07) is 0. The lowest BCUT2D eigenvalue weighted by Gasteiger charge is -2.21. The van der Waals surface area contributed by atoms with Crippen LogP contribution >= 0.6 is 11.6 Å². The van der Waals surface area contributed by atoms with Gasteiger partial charge in [-0.25, -0.2) is 0 Å². The second kappa shape index (κ2) is 2.95. The summed E-state index contributed by atoms with van der Waals surface area (Å²) in [6.45, 7) is 7.41. The summed E-state index contributed by atoms with van der Waals surface area (Å²) >= 11 is 5.94. The van der Waals surface area contributed by atoms with Crippen LogP contribution in [0.15, 0.2) is 12.7 Å². The first-order chi connectivity index (χ1) is 6.03. The molecule has 0 aromatic heterocycles. The first kappa shape index (κ1) is 9.46. The van der Waals surface area contributed by atoms with Gasteiger partial charge in [-0.3, -0.25) is 0 Å². The van der Waals surface area contributed by atoms with Gasteiger partial charge in [0.05, 0.1) is 0 Å². The Morgan fingerprint density at radius 1 is 1.31 bits per heavy atom. The molecule has 13 heavy (non-hydrogen) atoms. The molecule has 0 spiro atoms. The fourth-order valence-corrected chi connectivity index (χ4v) is 2.08. The van der Waals surface area contributed by atoms with Crippen LogP contribution in [0.4, 0.5) is 0 Å². The molecule has 0 aromatic rings. The normalized spacial score (nSPS) is 47.6. The van der Waals surface area contributed by atoms with Crippen LogP contribution in [0.1, 0.15) is 13.8 Å². The van der Waals surface area contributed by atoms with Crippen LogP contribution < -0.4 is 0 Å². The zero-order valence-electron chi connectivity index (χ0n) is 7.70. The van der Waals surface area contributed by atoms with E-state index in [1.165, 1.54) is 0 Å². The number of hydrogen-bond donors (Lipinski definition) is 0. The van der Waals surface area contributed by atoms with Crippen molar-refractivity contribution in [2.45, 2.75) is 43.5 Å².